The molecule has 0 atom stereocenters. The lowest BCUT2D eigenvalue weighted by Gasteiger charge is -2.28. The van der Waals surface area contributed by atoms with E-state index < -0.39 is 0 Å². The standard InChI is InChI=1S/C56H38N4/c1-35-16-15-22-39(32-35)57(37-18-5-3-6-19-37)49-30-28-40-44-33-52-45(34-51(44)59-47-26-13-10-23-42(47)53(49)55(40)59)41-29-31-50(54-43-24-11-14-27-48(43)60(52)56(41)54)58(38-20-7-4-8-21-38)46-25-12-9-17-36(46)2/h3-34H,1-2H3. The predicted molar refractivity (Wildman–Crippen MR) is 255 cm³/mol. The molecule has 0 aliphatic carbocycles. The van der Waals surface area contributed by atoms with Gasteiger partial charge in [-0.25, -0.2) is 0 Å². The summed E-state index contributed by atoms with van der Waals surface area (Å²) in [6, 6.07) is 71.4. The van der Waals surface area contributed by atoms with E-state index in [2.05, 4.69) is 227 Å². The highest BCUT2D eigenvalue weighted by molar-refractivity contribution is 6.32. The van der Waals surface area contributed by atoms with E-state index in [1.54, 1.807) is 0 Å². The Morgan fingerprint density at radius 3 is 1.37 bits per heavy atom. The van der Waals surface area contributed by atoms with Crippen LogP contribution in [0.15, 0.2) is 194 Å². The summed E-state index contributed by atoms with van der Waals surface area (Å²) in [5.74, 6) is 0. The van der Waals surface area contributed by atoms with E-state index in [-0.39, 0.29) is 0 Å². The zero-order valence-corrected chi connectivity index (χ0v) is 33.3. The third-order valence-corrected chi connectivity index (χ3v) is 12.9. The third kappa shape index (κ3) is 4.45. The number of aromatic nitrogens is 2. The summed E-state index contributed by atoms with van der Waals surface area (Å²) < 4.78 is 5.07. The average molecular weight is 767 g/mol. The summed E-state index contributed by atoms with van der Waals surface area (Å²) in [7, 11) is 0. The highest BCUT2D eigenvalue weighted by Gasteiger charge is 2.28. The Hall–Kier alpha value is -7.82. The molecule has 0 aliphatic rings. The number of fused-ring (bicyclic) bond motifs is 12. The van der Waals surface area contributed by atoms with Crippen molar-refractivity contribution in [3.8, 4) is 0 Å². The fourth-order valence-corrected chi connectivity index (χ4v) is 10.4. The largest absolute Gasteiger partial charge is 0.310 e. The molecular formula is C56H38N4. The van der Waals surface area contributed by atoms with Crippen molar-refractivity contribution in [3.63, 3.8) is 0 Å². The molecule has 0 spiro atoms. The molecule has 4 heterocycles. The fraction of sp³-hybridized carbons (Fsp3) is 0.0357. The molecule has 0 fully saturated rings. The number of anilines is 6. The zero-order valence-electron chi connectivity index (χ0n) is 33.3. The van der Waals surface area contributed by atoms with Crippen LogP contribution in [-0.4, -0.2) is 8.80 Å². The van der Waals surface area contributed by atoms with Gasteiger partial charge in [-0.2, -0.15) is 0 Å². The predicted octanol–water partition coefficient (Wildman–Crippen LogP) is 15.5. The highest BCUT2D eigenvalue weighted by Crippen LogP contribution is 2.51. The minimum absolute atomic E-state index is 1.14. The summed E-state index contributed by atoms with van der Waals surface area (Å²) in [5.41, 5.74) is 16.8. The van der Waals surface area contributed by atoms with Gasteiger partial charge in [-0.05, 0) is 104 Å². The highest BCUT2D eigenvalue weighted by atomic mass is 15.2. The normalized spacial score (nSPS) is 12.2. The number of para-hydroxylation sites is 5. The summed E-state index contributed by atoms with van der Waals surface area (Å²) in [5, 5.41) is 10.1. The Bertz CT molecular complexity index is 3800. The van der Waals surface area contributed by atoms with Crippen LogP contribution in [0.3, 0.4) is 0 Å². The maximum Gasteiger partial charge on any atom is 0.0641 e. The van der Waals surface area contributed by atoms with Crippen LogP contribution < -0.4 is 9.80 Å². The van der Waals surface area contributed by atoms with Crippen molar-refractivity contribution < 1.29 is 0 Å². The van der Waals surface area contributed by atoms with Crippen molar-refractivity contribution in [1.82, 2.24) is 8.80 Å². The summed E-state index contributed by atoms with van der Waals surface area (Å²) in [6.45, 7) is 4.38. The van der Waals surface area contributed by atoms with Crippen molar-refractivity contribution in [3.05, 3.63) is 205 Å². The average Bonchev–Trinajstić information content (AvgIpc) is 4.01. The number of rotatable bonds is 6. The van der Waals surface area contributed by atoms with E-state index in [1.165, 1.54) is 104 Å². The second kappa shape index (κ2) is 12.3. The maximum atomic E-state index is 2.53. The third-order valence-electron chi connectivity index (χ3n) is 12.9. The van der Waals surface area contributed by atoms with E-state index in [9.17, 15) is 0 Å². The van der Waals surface area contributed by atoms with Crippen LogP contribution in [0, 0.1) is 13.8 Å². The van der Waals surface area contributed by atoms with Gasteiger partial charge in [0.2, 0.25) is 0 Å². The Morgan fingerprint density at radius 2 is 0.800 bits per heavy atom. The van der Waals surface area contributed by atoms with E-state index in [0.717, 1.165) is 17.1 Å². The molecule has 0 amide bonds. The van der Waals surface area contributed by atoms with Crippen LogP contribution in [-0.2, 0) is 0 Å². The molecule has 282 valence electrons. The van der Waals surface area contributed by atoms with Crippen molar-refractivity contribution in [2.24, 2.45) is 0 Å². The molecule has 13 rings (SSSR count). The van der Waals surface area contributed by atoms with Gasteiger partial charge in [-0.1, -0.05) is 115 Å². The first-order chi connectivity index (χ1) is 29.6. The first-order valence-corrected chi connectivity index (χ1v) is 20.8. The lowest BCUT2D eigenvalue weighted by molar-refractivity contribution is 1.26. The SMILES string of the molecule is Cc1cccc(N(c2ccccc2)c2ccc3c4cc5c(cc4n4c6ccccc6c2c34)c2ccc(N(c3ccccc3)c3ccccc3C)c3c4ccccc4n5c23)c1. The van der Waals surface area contributed by atoms with E-state index in [4.69, 9.17) is 0 Å². The smallest absolute Gasteiger partial charge is 0.0641 e. The molecule has 0 radical (unpaired) electrons. The Balaban J connectivity index is 1.14. The Labute approximate surface area is 346 Å². The van der Waals surface area contributed by atoms with E-state index in [1.807, 2.05) is 0 Å². The van der Waals surface area contributed by atoms with Gasteiger partial charge in [-0.3, -0.25) is 0 Å². The molecule has 0 unspecified atom stereocenters. The lowest BCUT2D eigenvalue weighted by Crippen LogP contribution is -2.11. The number of aryl methyl sites for hydroxylation is 2. The Kier molecular flexibility index (Phi) is 6.83. The van der Waals surface area contributed by atoms with Crippen molar-refractivity contribution in [1.29, 1.82) is 0 Å². The van der Waals surface area contributed by atoms with E-state index in [0.29, 0.717) is 0 Å². The molecular weight excluding hydrogens is 729 g/mol. The number of hydrogen-bond acceptors (Lipinski definition) is 2. The van der Waals surface area contributed by atoms with Crippen molar-refractivity contribution in [2.45, 2.75) is 13.8 Å². The second-order valence-corrected chi connectivity index (χ2v) is 16.3. The van der Waals surface area contributed by atoms with Crippen LogP contribution in [0.1, 0.15) is 11.1 Å². The van der Waals surface area contributed by atoms with E-state index >= 15 is 0 Å². The van der Waals surface area contributed by atoms with Crippen LogP contribution in [0.4, 0.5) is 34.1 Å². The first kappa shape index (κ1) is 33.2. The topological polar surface area (TPSA) is 15.3 Å². The minimum atomic E-state index is 1.14. The number of hydrogen-bond donors (Lipinski definition) is 0. The van der Waals surface area contributed by atoms with Gasteiger partial charge in [0.1, 0.15) is 0 Å². The summed E-state index contributed by atoms with van der Waals surface area (Å²) in [6.07, 6.45) is 0. The quantitative estimate of drug-likeness (QED) is 0.167. The molecule has 13 aromatic rings. The van der Waals surface area contributed by atoms with Gasteiger partial charge in [0, 0.05) is 65.8 Å². The molecule has 60 heavy (non-hydrogen) atoms. The van der Waals surface area contributed by atoms with Gasteiger partial charge < -0.3 is 18.6 Å². The monoisotopic (exact) mass is 766 g/mol. The molecule has 0 saturated heterocycles. The maximum absolute atomic E-state index is 2.53. The van der Waals surface area contributed by atoms with Gasteiger partial charge in [0.05, 0.1) is 44.5 Å². The fourth-order valence-electron chi connectivity index (χ4n) is 10.4. The van der Waals surface area contributed by atoms with Crippen LogP contribution in [0.2, 0.25) is 0 Å². The minimum Gasteiger partial charge on any atom is -0.310 e. The second-order valence-electron chi connectivity index (χ2n) is 16.3. The number of nitrogens with zero attached hydrogens (tertiary/aromatic N) is 4. The molecule has 9 aromatic carbocycles. The molecule has 4 aromatic heterocycles. The lowest BCUT2D eigenvalue weighted by atomic mass is 10.0. The summed E-state index contributed by atoms with van der Waals surface area (Å²) in [4.78, 5) is 4.87. The molecule has 0 N–H and O–H groups in total. The molecule has 4 heteroatoms. The summed E-state index contributed by atoms with van der Waals surface area (Å²) >= 11 is 0. The molecule has 4 nitrogen and oxygen atoms in total. The molecule has 0 saturated carbocycles. The van der Waals surface area contributed by atoms with Crippen LogP contribution in [0.5, 0.6) is 0 Å². The van der Waals surface area contributed by atoms with Gasteiger partial charge in [-0.15, -0.1) is 0 Å². The molecule has 0 aliphatic heterocycles. The zero-order chi connectivity index (χ0) is 39.6. The van der Waals surface area contributed by atoms with Crippen molar-refractivity contribution in [2.75, 3.05) is 9.80 Å². The van der Waals surface area contributed by atoms with Gasteiger partial charge in [0.25, 0.3) is 0 Å². The number of benzene rings is 9. The first-order valence-electron chi connectivity index (χ1n) is 20.8. The molecule has 0 bridgehead atoms. The van der Waals surface area contributed by atoms with Crippen molar-refractivity contribution >= 4 is 110 Å². The van der Waals surface area contributed by atoms with Gasteiger partial charge in [0.15, 0.2) is 0 Å². The van der Waals surface area contributed by atoms with Crippen LogP contribution >= 0.6 is 0 Å². The Morgan fingerprint density at radius 1 is 0.317 bits per heavy atom. The van der Waals surface area contributed by atoms with Crippen LogP contribution in [0.25, 0.3) is 76.2 Å². The van der Waals surface area contributed by atoms with Gasteiger partial charge >= 0.3 is 0 Å².